The number of methoxy groups -OCH3 is 1. The molecule has 0 amide bonds. The minimum absolute atomic E-state index is 0. The molecule has 1 saturated heterocycles. The summed E-state index contributed by atoms with van der Waals surface area (Å²) in [6.07, 6.45) is 6.50. The highest BCUT2D eigenvalue weighted by Crippen LogP contribution is 2.48. The predicted octanol–water partition coefficient (Wildman–Crippen LogP) is 2.48. The van der Waals surface area contributed by atoms with Crippen LogP contribution in [-0.2, 0) is 4.74 Å². The van der Waals surface area contributed by atoms with E-state index in [0.717, 1.165) is 37.3 Å². The van der Waals surface area contributed by atoms with Gasteiger partial charge in [0.1, 0.15) is 0 Å². The maximum Gasteiger partial charge on any atom is 0.191 e. The zero-order chi connectivity index (χ0) is 13.6. The normalized spacial score (nSPS) is 24.1. The number of nitrogens with zero attached hydrogens (tertiary/aromatic N) is 1. The Balaban J connectivity index is 0.00000200. The van der Waals surface area contributed by atoms with Gasteiger partial charge in [0.15, 0.2) is 5.96 Å². The molecular formula is C14H28IN3OS. The fraction of sp³-hybridized carbons (Fsp3) is 0.929. The van der Waals surface area contributed by atoms with Gasteiger partial charge in [-0.3, -0.25) is 4.99 Å². The first-order chi connectivity index (χ1) is 9.28. The second-order valence-corrected chi connectivity index (χ2v) is 7.09. The number of aliphatic imine (C=N–C) groups is 1. The Morgan fingerprint density at radius 2 is 2.20 bits per heavy atom. The number of ether oxygens (including phenoxy) is 1. The first-order valence-electron chi connectivity index (χ1n) is 7.33. The third-order valence-electron chi connectivity index (χ3n) is 4.17. The molecule has 2 N–H and O–H groups in total. The van der Waals surface area contributed by atoms with Gasteiger partial charge in [-0.05, 0) is 43.3 Å². The van der Waals surface area contributed by atoms with E-state index in [1.54, 1.807) is 7.11 Å². The molecule has 0 aromatic rings. The van der Waals surface area contributed by atoms with Crippen LogP contribution in [0.2, 0.25) is 0 Å². The largest absolute Gasteiger partial charge is 0.385 e. The zero-order valence-corrected chi connectivity index (χ0v) is 15.8. The molecule has 0 bridgehead atoms. The van der Waals surface area contributed by atoms with Gasteiger partial charge in [0.25, 0.3) is 0 Å². The van der Waals surface area contributed by atoms with Gasteiger partial charge in [-0.25, -0.2) is 0 Å². The second-order valence-electron chi connectivity index (χ2n) is 5.68. The first-order valence-corrected chi connectivity index (χ1v) is 8.38. The van der Waals surface area contributed by atoms with E-state index in [1.807, 2.05) is 7.05 Å². The van der Waals surface area contributed by atoms with Crippen molar-refractivity contribution in [1.29, 1.82) is 0 Å². The van der Waals surface area contributed by atoms with Gasteiger partial charge in [0.05, 0.1) is 0 Å². The summed E-state index contributed by atoms with van der Waals surface area (Å²) in [5, 5.41) is 7.70. The summed E-state index contributed by atoms with van der Waals surface area (Å²) >= 11 is 2.08. The van der Waals surface area contributed by atoms with Crippen LogP contribution in [0.25, 0.3) is 0 Å². The number of hydrogen-bond acceptors (Lipinski definition) is 3. The molecule has 1 heterocycles. The minimum Gasteiger partial charge on any atom is -0.385 e. The van der Waals surface area contributed by atoms with E-state index in [1.165, 1.54) is 31.4 Å². The lowest BCUT2D eigenvalue weighted by Crippen LogP contribution is -2.42. The molecular weight excluding hydrogens is 385 g/mol. The molecule has 20 heavy (non-hydrogen) atoms. The molecule has 0 aromatic heterocycles. The fourth-order valence-corrected chi connectivity index (χ4v) is 3.72. The average molecular weight is 413 g/mol. The molecule has 1 atom stereocenters. The van der Waals surface area contributed by atoms with Gasteiger partial charge in [-0.1, -0.05) is 0 Å². The summed E-state index contributed by atoms with van der Waals surface area (Å²) in [5.41, 5.74) is 0.468. The van der Waals surface area contributed by atoms with E-state index in [2.05, 4.69) is 27.4 Å². The van der Waals surface area contributed by atoms with Crippen LogP contribution in [0.5, 0.6) is 0 Å². The van der Waals surface area contributed by atoms with E-state index < -0.39 is 0 Å². The van der Waals surface area contributed by atoms with E-state index in [-0.39, 0.29) is 24.0 Å². The van der Waals surface area contributed by atoms with Crippen LogP contribution in [0, 0.1) is 5.41 Å². The number of guanidine groups is 1. The molecule has 4 nitrogen and oxygen atoms in total. The van der Waals surface area contributed by atoms with Crippen LogP contribution >= 0.6 is 35.7 Å². The van der Waals surface area contributed by atoms with Crippen molar-refractivity contribution in [2.24, 2.45) is 10.4 Å². The van der Waals surface area contributed by atoms with Crippen molar-refractivity contribution in [3.8, 4) is 0 Å². The number of rotatable bonds is 7. The van der Waals surface area contributed by atoms with Gasteiger partial charge in [0, 0.05) is 39.1 Å². The molecule has 0 aromatic carbocycles. The SMILES string of the molecule is CN=C(NCC1CCCS1)NCC1(CCOC)CC1.I. The molecule has 1 aliphatic carbocycles. The Kier molecular flexibility index (Phi) is 8.59. The highest BCUT2D eigenvalue weighted by atomic mass is 127. The van der Waals surface area contributed by atoms with Crippen molar-refractivity contribution in [3.05, 3.63) is 0 Å². The quantitative estimate of drug-likeness (QED) is 0.383. The van der Waals surface area contributed by atoms with Crippen LogP contribution in [0.15, 0.2) is 4.99 Å². The third kappa shape index (κ3) is 5.97. The molecule has 1 aliphatic heterocycles. The van der Waals surface area contributed by atoms with Crippen molar-refractivity contribution < 1.29 is 4.74 Å². The van der Waals surface area contributed by atoms with E-state index in [0.29, 0.717) is 5.41 Å². The van der Waals surface area contributed by atoms with Crippen molar-refractivity contribution >= 4 is 41.7 Å². The molecule has 0 radical (unpaired) electrons. The van der Waals surface area contributed by atoms with Gasteiger partial charge in [0.2, 0.25) is 0 Å². The predicted molar refractivity (Wildman–Crippen MR) is 98.4 cm³/mol. The van der Waals surface area contributed by atoms with E-state index in [9.17, 15) is 0 Å². The Labute approximate surface area is 144 Å². The molecule has 2 fully saturated rings. The summed E-state index contributed by atoms with van der Waals surface area (Å²) in [4.78, 5) is 4.31. The lowest BCUT2D eigenvalue weighted by atomic mass is 10.0. The van der Waals surface area contributed by atoms with Crippen LogP contribution in [0.1, 0.15) is 32.1 Å². The van der Waals surface area contributed by atoms with Gasteiger partial charge in [-0.2, -0.15) is 11.8 Å². The van der Waals surface area contributed by atoms with Crippen molar-refractivity contribution in [2.75, 3.05) is 39.6 Å². The van der Waals surface area contributed by atoms with E-state index in [4.69, 9.17) is 4.74 Å². The topological polar surface area (TPSA) is 45.7 Å². The molecule has 6 heteroatoms. The van der Waals surface area contributed by atoms with Crippen molar-refractivity contribution in [2.45, 2.75) is 37.4 Å². The van der Waals surface area contributed by atoms with Crippen LogP contribution < -0.4 is 10.6 Å². The van der Waals surface area contributed by atoms with Crippen LogP contribution in [-0.4, -0.2) is 50.8 Å². The molecule has 0 spiro atoms. The number of halogens is 1. The van der Waals surface area contributed by atoms with Crippen molar-refractivity contribution in [3.63, 3.8) is 0 Å². The second kappa shape index (κ2) is 9.35. The summed E-state index contributed by atoms with van der Waals surface area (Å²) in [6.45, 7) is 2.93. The first kappa shape index (κ1) is 18.4. The van der Waals surface area contributed by atoms with Crippen LogP contribution in [0.4, 0.5) is 0 Å². The molecule has 118 valence electrons. The van der Waals surface area contributed by atoms with E-state index >= 15 is 0 Å². The molecule has 2 aliphatic rings. The standard InChI is InChI=1S/C14H27N3OS.HI/c1-15-13(16-10-12-4-3-9-19-12)17-11-14(5-6-14)7-8-18-2;/h12H,3-11H2,1-2H3,(H2,15,16,17);1H. The third-order valence-corrected chi connectivity index (χ3v) is 5.57. The lowest BCUT2D eigenvalue weighted by molar-refractivity contribution is 0.172. The number of thioether (sulfide) groups is 1. The molecule has 2 rings (SSSR count). The highest BCUT2D eigenvalue weighted by molar-refractivity contribution is 14.0. The summed E-state index contributed by atoms with van der Waals surface area (Å²) in [6, 6.07) is 0. The van der Waals surface area contributed by atoms with Crippen molar-refractivity contribution in [1.82, 2.24) is 10.6 Å². The zero-order valence-electron chi connectivity index (χ0n) is 12.6. The summed E-state index contributed by atoms with van der Waals surface area (Å²) in [5.74, 6) is 2.27. The number of nitrogens with one attached hydrogen (secondary N) is 2. The lowest BCUT2D eigenvalue weighted by Gasteiger charge is -2.19. The molecule has 1 unspecified atom stereocenters. The Hall–Kier alpha value is 0.310. The Morgan fingerprint density at radius 1 is 1.40 bits per heavy atom. The van der Waals surface area contributed by atoms with Crippen LogP contribution in [0.3, 0.4) is 0 Å². The Morgan fingerprint density at radius 3 is 2.75 bits per heavy atom. The van der Waals surface area contributed by atoms with Gasteiger partial charge >= 0.3 is 0 Å². The monoisotopic (exact) mass is 413 g/mol. The Bertz CT molecular complexity index is 305. The fourth-order valence-electron chi connectivity index (χ4n) is 2.52. The van der Waals surface area contributed by atoms with Gasteiger partial charge < -0.3 is 15.4 Å². The van der Waals surface area contributed by atoms with Gasteiger partial charge in [-0.15, -0.1) is 24.0 Å². The molecule has 1 saturated carbocycles. The minimum atomic E-state index is 0. The smallest absolute Gasteiger partial charge is 0.191 e. The maximum atomic E-state index is 5.19. The highest BCUT2D eigenvalue weighted by Gasteiger charge is 2.41. The number of hydrogen-bond donors (Lipinski definition) is 2. The summed E-state index contributed by atoms with van der Waals surface area (Å²) < 4.78 is 5.19. The maximum absolute atomic E-state index is 5.19. The summed E-state index contributed by atoms with van der Waals surface area (Å²) in [7, 11) is 3.63. The average Bonchev–Trinajstić information content (AvgIpc) is 3.00.